The number of hydrogen-bond acceptors (Lipinski definition) is 2. The van der Waals surface area contributed by atoms with Crippen molar-refractivity contribution in [3.8, 4) is 0 Å². The molecule has 0 spiro atoms. The highest BCUT2D eigenvalue weighted by Gasteiger charge is 2.14. The van der Waals surface area contributed by atoms with Crippen molar-refractivity contribution in [1.82, 2.24) is 9.78 Å². The van der Waals surface area contributed by atoms with Gasteiger partial charge in [-0.05, 0) is 0 Å². The van der Waals surface area contributed by atoms with Crippen LogP contribution in [0.5, 0.6) is 0 Å². The van der Waals surface area contributed by atoms with E-state index < -0.39 is 0 Å². The highest BCUT2D eigenvalue weighted by atomic mass is 15.2. The molecular weight excluding hydrogens is 176 g/mol. The summed E-state index contributed by atoms with van der Waals surface area (Å²) in [5.74, 6) is 0.682. The summed E-state index contributed by atoms with van der Waals surface area (Å²) in [5.41, 5.74) is 6.86. The Hall–Kier alpha value is -1.32. The molecular formula is C10H18N4. The maximum atomic E-state index is 5.83. The van der Waals surface area contributed by atoms with Gasteiger partial charge in [-0.25, -0.2) is 0 Å². The lowest BCUT2D eigenvalue weighted by molar-refractivity contribution is 0.581. The van der Waals surface area contributed by atoms with Crippen LogP contribution in [0, 0.1) is 5.41 Å². The second-order valence-corrected chi connectivity index (χ2v) is 4.47. The molecule has 1 heterocycles. The summed E-state index contributed by atoms with van der Waals surface area (Å²) in [6.45, 7) is 6.76. The average molecular weight is 194 g/mol. The van der Waals surface area contributed by atoms with E-state index in [0.717, 1.165) is 5.56 Å². The van der Waals surface area contributed by atoms with Gasteiger partial charge in [0.1, 0.15) is 0 Å². The Bertz CT molecular complexity index is 330. The Kier molecular flexibility index (Phi) is 2.93. The van der Waals surface area contributed by atoms with Gasteiger partial charge in [-0.2, -0.15) is 5.10 Å². The van der Waals surface area contributed by atoms with Crippen LogP contribution in [0.25, 0.3) is 0 Å². The highest BCUT2D eigenvalue weighted by Crippen LogP contribution is 2.13. The van der Waals surface area contributed by atoms with Crippen LogP contribution in [-0.2, 0) is 13.6 Å². The molecule has 1 aromatic heterocycles. The van der Waals surface area contributed by atoms with E-state index in [1.165, 1.54) is 0 Å². The summed E-state index contributed by atoms with van der Waals surface area (Å²) < 4.78 is 1.76. The van der Waals surface area contributed by atoms with Gasteiger partial charge in [0, 0.05) is 24.2 Å². The molecule has 1 rings (SSSR count). The smallest absolute Gasteiger partial charge is 0.0995 e. The van der Waals surface area contributed by atoms with Gasteiger partial charge >= 0.3 is 0 Å². The normalized spacial score (nSPS) is 13.3. The van der Waals surface area contributed by atoms with Crippen molar-refractivity contribution in [3.63, 3.8) is 0 Å². The van der Waals surface area contributed by atoms with E-state index in [4.69, 9.17) is 5.73 Å². The number of nitrogens with zero attached hydrogens (tertiary/aromatic N) is 3. The van der Waals surface area contributed by atoms with Gasteiger partial charge in [-0.1, -0.05) is 20.8 Å². The number of aliphatic imine (C=N–C) groups is 1. The molecule has 0 radical (unpaired) electrons. The Balaban J connectivity index is 2.64. The van der Waals surface area contributed by atoms with Crippen molar-refractivity contribution in [2.45, 2.75) is 27.3 Å². The molecule has 2 N–H and O–H groups in total. The second kappa shape index (κ2) is 3.82. The monoisotopic (exact) mass is 194 g/mol. The topological polar surface area (TPSA) is 56.2 Å². The van der Waals surface area contributed by atoms with Crippen LogP contribution in [0.2, 0.25) is 0 Å². The first-order valence-corrected chi connectivity index (χ1v) is 4.67. The third-order valence-electron chi connectivity index (χ3n) is 1.96. The molecule has 0 aliphatic heterocycles. The van der Waals surface area contributed by atoms with Gasteiger partial charge in [0.15, 0.2) is 0 Å². The Morgan fingerprint density at radius 3 is 2.64 bits per heavy atom. The van der Waals surface area contributed by atoms with Gasteiger partial charge < -0.3 is 5.73 Å². The summed E-state index contributed by atoms with van der Waals surface area (Å²) in [6.07, 6.45) is 3.75. The van der Waals surface area contributed by atoms with E-state index >= 15 is 0 Å². The first kappa shape index (κ1) is 10.8. The van der Waals surface area contributed by atoms with Gasteiger partial charge in [-0.3, -0.25) is 9.67 Å². The molecule has 1 aromatic rings. The lowest BCUT2D eigenvalue weighted by atomic mass is 9.95. The van der Waals surface area contributed by atoms with Crippen molar-refractivity contribution in [2.24, 2.45) is 23.2 Å². The SMILES string of the molecule is Cn1cc(CN=C(N)C(C)(C)C)cn1. The molecule has 0 aliphatic rings. The Labute approximate surface area is 84.8 Å². The Morgan fingerprint density at radius 2 is 2.21 bits per heavy atom. The zero-order chi connectivity index (χ0) is 10.8. The molecule has 4 heteroatoms. The largest absolute Gasteiger partial charge is 0.387 e. The maximum Gasteiger partial charge on any atom is 0.0995 e. The third-order valence-corrected chi connectivity index (χ3v) is 1.96. The van der Waals surface area contributed by atoms with Crippen molar-refractivity contribution < 1.29 is 0 Å². The lowest BCUT2D eigenvalue weighted by Gasteiger charge is -2.16. The summed E-state index contributed by atoms with van der Waals surface area (Å²) >= 11 is 0. The van der Waals surface area contributed by atoms with E-state index in [1.807, 2.05) is 13.2 Å². The number of aryl methyl sites for hydroxylation is 1. The van der Waals surface area contributed by atoms with Crippen LogP contribution < -0.4 is 5.73 Å². The summed E-state index contributed by atoms with van der Waals surface area (Å²) in [4.78, 5) is 4.32. The molecule has 0 atom stereocenters. The number of hydrogen-bond donors (Lipinski definition) is 1. The molecule has 0 saturated carbocycles. The Morgan fingerprint density at radius 1 is 1.57 bits per heavy atom. The molecule has 0 bridgehead atoms. The molecule has 0 fully saturated rings. The quantitative estimate of drug-likeness (QED) is 0.570. The molecule has 0 amide bonds. The van der Waals surface area contributed by atoms with Crippen LogP contribution in [0.15, 0.2) is 17.4 Å². The summed E-state index contributed by atoms with van der Waals surface area (Å²) in [7, 11) is 1.89. The minimum atomic E-state index is -0.0534. The maximum absolute atomic E-state index is 5.83. The van der Waals surface area contributed by atoms with Crippen LogP contribution in [-0.4, -0.2) is 15.6 Å². The van der Waals surface area contributed by atoms with Gasteiger partial charge in [0.25, 0.3) is 0 Å². The summed E-state index contributed by atoms with van der Waals surface area (Å²) in [6, 6.07) is 0. The fourth-order valence-corrected chi connectivity index (χ4v) is 0.967. The van der Waals surface area contributed by atoms with E-state index in [-0.39, 0.29) is 5.41 Å². The van der Waals surface area contributed by atoms with Gasteiger partial charge in [0.2, 0.25) is 0 Å². The standard InChI is InChI=1S/C10H18N4/c1-10(2,3)9(11)12-5-8-6-13-14(4)7-8/h6-7H,5H2,1-4H3,(H2,11,12). The van der Waals surface area contributed by atoms with E-state index in [9.17, 15) is 0 Å². The predicted molar refractivity (Wildman–Crippen MR) is 58.0 cm³/mol. The van der Waals surface area contributed by atoms with E-state index in [0.29, 0.717) is 12.4 Å². The number of rotatable bonds is 2. The molecule has 0 aliphatic carbocycles. The molecule has 78 valence electrons. The minimum Gasteiger partial charge on any atom is -0.387 e. The highest BCUT2D eigenvalue weighted by molar-refractivity contribution is 5.85. The van der Waals surface area contributed by atoms with Gasteiger partial charge in [0.05, 0.1) is 18.6 Å². The van der Waals surface area contributed by atoms with Crippen molar-refractivity contribution in [1.29, 1.82) is 0 Å². The zero-order valence-corrected chi connectivity index (χ0v) is 9.28. The fourth-order valence-electron chi connectivity index (χ4n) is 0.967. The van der Waals surface area contributed by atoms with Crippen LogP contribution >= 0.6 is 0 Å². The summed E-state index contributed by atoms with van der Waals surface area (Å²) in [5, 5.41) is 4.06. The molecule has 0 aromatic carbocycles. The van der Waals surface area contributed by atoms with Crippen LogP contribution in [0.3, 0.4) is 0 Å². The first-order chi connectivity index (χ1) is 6.39. The first-order valence-electron chi connectivity index (χ1n) is 4.67. The van der Waals surface area contributed by atoms with E-state index in [2.05, 4.69) is 30.9 Å². The number of amidine groups is 1. The fraction of sp³-hybridized carbons (Fsp3) is 0.600. The lowest BCUT2D eigenvalue weighted by Crippen LogP contribution is -2.28. The molecule has 0 saturated heterocycles. The molecule has 4 nitrogen and oxygen atoms in total. The average Bonchev–Trinajstić information content (AvgIpc) is 2.45. The number of aromatic nitrogens is 2. The van der Waals surface area contributed by atoms with Crippen molar-refractivity contribution in [3.05, 3.63) is 18.0 Å². The minimum absolute atomic E-state index is 0.0534. The second-order valence-electron chi connectivity index (χ2n) is 4.47. The predicted octanol–water partition coefficient (Wildman–Crippen LogP) is 1.32. The number of nitrogens with two attached hydrogens (primary N) is 1. The van der Waals surface area contributed by atoms with Crippen LogP contribution in [0.4, 0.5) is 0 Å². The van der Waals surface area contributed by atoms with Gasteiger partial charge in [-0.15, -0.1) is 0 Å². The molecule has 14 heavy (non-hydrogen) atoms. The van der Waals surface area contributed by atoms with E-state index in [1.54, 1.807) is 10.9 Å². The third kappa shape index (κ3) is 2.87. The van der Waals surface area contributed by atoms with Crippen molar-refractivity contribution >= 4 is 5.84 Å². The van der Waals surface area contributed by atoms with Crippen molar-refractivity contribution in [2.75, 3.05) is 0 Å². The van der Waals surface area contributed by atoms with Crippen LogP contribution in [0.1, 0.15) is 26.3 Å². The molecule has 0 unspecified atom stereocenters. The zero-order valence-electron chi connectivity index (χ0n) is 9.28.